The first-order valence-corrected chi connectivity index (χ1v) is 17.1. The summed E-state index contributed by atoms with van der Waals surface area (Å²) in [5, 5.41) is 0. The Morgan fingerprint density at radius 2 is 0.907 bits per heavy atom. The van der Waals surface area contributed by atoms with Gasteiger partial charge in [-0.15, -0.1) is 0 Å². The van der Waals surface area contributed by atoms with Crippen molar-refractivity contribution in [3.05, 3.63) is 129 Å². The molecule has 4 rings (SSSR count). The van der Waals surface area contributed by atoms with Crippen molar-refractivity contribution in [2.24, 2.45) is 15.0 Å². The maximum absolute atomic E-state index is 6.85. The van der Waals surface area contributed by atoms with Crippen LogP contribution in [0.15, 0.2) is 87.8 Å². The Labute approximate surface area is 277 Å². The molecule has 4 nitrogen and oxygen atoms in total. The Morgan fingerprint density at radius 1 is 0.581 bits per heavy atom. The van der Waals surface area contributed by atoms with Crippen molar-refractivity contribution in [1.29, 1.82) is 0 Å². The van der Waals surface area contributed by atoms with Crippen molar-refractivity contribution in [1.82, 2.24) is 0 Å². The molecule has 4 aromatic rings. The maximum atomic E-state index is 6.85. The third kappa shape index (κ3) is 10.1. The van der Waals surface area contributed by atoms with Crippen molar-refractivity contribution >= 4 is 60.9 Å². The average Bonchev–Trinajstić information content (AvgIpc) is 2.97. The van der Waals surface area contributed by atoms with Crippen LogP contribution in [0.3, 0.4) is 0 Å². The van der Waals surface area contributed by atoms with Crippen molar-refractivity contribution in [3.63, 3.8) is 0 Å². The fourth-order valence-electron chi connectivity index (χ4n) is 4.56. The molecule has 0 atom stereocenters. The molecule has 0 radical (unpaired) electrons. The summed E-state index contributed by atoms with van der Waals surface area (Å²) >= 11 is 5.62. The van der Waals surface area contributed by atoms with Gasteiger partial charge in [0.1, 0.15) is 0 Å². The molecule has 43 heavy (non-hydrogen) atoms. The van der Waals surface area contributed by atoms with Crippen LogP contribution in [-0.4, -0.2) is 17.6 Å². The van der Waals surface area contributed by atoms with Crippen LogP contribution >= 0.6 is 20.5 Å². The molecule has 0 fully saturated rings. The zero-order valence-electron chi connectivity index (χ0n) is 26.4. The summed E-state index contributed by atoms with van der Waals surface area (Å²) in [6, 6.07) is 24.5. The quantitative estimate of drug-likeness (QED) is 0.0851. The fraction of sp³-hybridized carbons (Fsp3) is 0.243. The van der Waals surface area contributed by atoms with E-state index in [4.69, 9.17) is 21.5 Å². The molecule has 0 saturated heterocycles. The van der Waals surface area contributed by atoms with E-state index in [1.807, 2.05) is 45.0 Å². The van der Waals surface area contributed by atoms with E-state index < -0.39 is 0 Å². The van der Waals surface area contributed by atoms with Gasteiger partial charge in [0.15, 0.2) is 5.69 Å². The predicted molar refractivity (Wildman–Crippen MR) is 191 cm³/mol. The minimum absolute atomic E-state index is 0.641. The molecule has 0 heterocycles. The molecule has 6 heteroatoms. The zero-order chi connectivity index (χ0) is 32.1. The molecule has 0 N–H and O–H groups in total. The molecule has 0 unspecified atom stereocenters. The third-order valence-corrected chi connectivity index (χ3v) is 6.99. The van der Waals surface area contributed by atoms with E-state index in [0.29, 0.717) is 5.71 Å². The number of benzene rings is 4. The number of hydrogen-bond donors (Lipinski definition) is 0. The SMILES string of the molecule is CC(=Nc1c(C)cccc1C)C([C-]=Nc1c(C)cccc1C)=Nc1c(C)cccc1C.[C-]#[N+]c1c(C)cccc1C.[Ni][I]. The summed E-state index contributed by atoms with van der Waals surface area (Å²) in [6.45, 7) is 25.2. The number of hydrogen-bond acceptors (Lipinski definition) is 3. The van der Waals surface area contributed by atoms with Gasteiger partial charge in [0, 0.05) is 0 Å². The molecule has 0 aliphatic rings. The van der Waals surface area contributed by atoms with Crippen LogP contribution < -0.4 is 0 Å². The van der Waals surface area contributed by atoms with E-state index in [1.165, 1.54) is 0 Å². The normalized spacial score (nSPS) is 11.3. The Hall–Kier alpha value is -3.40. The molecule has 0 aromatic heterocycles. The second kappa shape index (κ2) is 17.7. The van der Waals surface area contributed by atoms with Crippen LogP contribution in [0, 0.1) is 62.0 Å². The number of para-hydroxylation sites is 4. The van der Waals surface area contributed by atoms with Crippen LogP contribution in [0.1, 0.15) is 51.4 Å². The predicted octanol–water partition coefficient (Wildman–Crippen LogP) is 11.4. The molecule has 0 bridgehead atoms. The van der Waals surface area contributed by atoms with E-state index in [-0.39, 0.29) is 0 Å². The van der Waals surface area contributed by atoms with Gasteiger partial charge in [-0.2, -0.15) is 0 Å². The minimum atomic E-state index is 0.641. The van der Waals surface area contributed by atoms with Gasteiger partial charge < -0.3 is 9.98 Å². The van der Waals surface area contributed by atoms with E-state index in [0.717, 1.165) is 73.0 Å². The number of rotatable bonds is 5. The topological polar surface area (TPSA) is 41.4 Å². The number of aryl methyl sites for hydroxylation is 8. The van der Waals surface area contributed by atoms with E-state index in [2.05, 4.69) is 113 Å². The van der Waals surface area contributed by atoms with Gasteiger partial charge in [-0.25, -0.2) is 4.85 Å². The van der Waals surface area contributed by atoms with E-state index in [9.17, 15) is 0 Å². The fourth-order valence-corrected chi connectivity index (χ4v) is 4.56. The van der Waals surface area contributed by atoms with Gasteiger partial charge in [-0.3, -0.25) is 4.99 Å². The summed E-state index contributed by atoms with van der Waals surface area (Å²) in [5.74, 6) is 0. The molecular formula is C37H39IN4Ni-. The van der Waals surface area contributed by atoms with E-state index >= 15 is 0 Å². The zero-order valence-corrected chi connectivity index (χ0v) is 29.6. The first-order chi connectivity index (χ1) is 20.5. The van der Waals surface area contributed by atoms with Crippen LogP contribution in [-0.2, 0) is 12.3 Å². The second-order valence-corrected chi connectivity index (χ2v) is 10.5. The molecule has 0 aliphatic carbocycles. The molecule has 0 aliphatic heterocycles. The second-order valence-electron chi connectivity index (χ2n) is 10.5. The first kappa shape index (κ1) is 35.8. The molecular weight excluding hydrogens is 686 g/mol. The summed E-state index contributed by atoms with van der Waals surface area (Å²) in [4.78, 5) is 18.0. The summed E-state index contributed by atoms with van der Waals surface area (Å²) in [6.07, 6.45) is 3.22. The monoisotopic (exact) mass is 724 g/mol. The van der Waals surface area contributed by atoms with Gasteiger partial charge in [0.2, 0.25) is 0 Å². The van der Waals surface area contributed by atoms with Gasteiger partial charge in [-0.05, 0) is 106 Å². The van der Waals surface area contributed by atoms with Crippen molar-refractivity contribution in [2.45, 2.75) is 62.3 Å². The third-order valence-electron chi connectivity index (χ3n) is 6.99. The van der Waals surface area contributed by atoms with Crippen LogP contribution in [0.2, 0.25) is 0 Å². The first-order valence-electron chi connectivity index (χ1n) is 13.9. The number of halogens is 1. The Bertz CT molecular complexity index is 1610. The molecule has 4 aromatic carbocycles. The Morgan fingerprint density at radius 3 is 1.26 bits per heavy atom. The van der Waals surface area contributed by atoms with Crippen LogP contribution in [0.25, 0.3) is 4.85 Å². The van der Waals surface area contributed by atoms with Crippen molar-refractivity contribution in [3.8, 4) is 0 Å². The van der Waals surface area contributed by atoms with Gasteiger partial charge in [0.05, 0.1) is 17.9 Å². The molecule has 0 amide bonds. The number of aliphatic imine (C=N–C) groups is 3. The molecule has 0 spiro atoms. The standard InChI is InChI=1S/C28H30N3.C9H9N.HI.Ni/c1-18-11-8-12-19(2)26(18)29-17-25(31-28-22(5)15-10-16-23(28)6)24(7)30-27-20(3)13-9-14-21(27)4;1-7-5-4-6-8(2)9(7)10-3;;/h8-16H,1-7H3;4-6H,1-2H3;1H;/q-1;;;+1/p-1. The van der Waals surface area contributed by atoms with Gasteiger partial charge >= 0.3 is 32.8 Å². The van der Waals surface area contributed by atoms with Crippen molar-refractivity contribution < 1.29 is 12.3 Å². The Kier molecular flexibility index (Phi) is 14.7. The van der Waals surface area contributed by atoms with Crippen LogP contribution in [0.4, 0.5) is 22.7 Å². The molecule has 0 saturated carbocycles. The van der Waals surface area contributed by atoms with E-state index in [1.54, 1.807) is 20.5 Å². The molecule has 225 valence electrons. The van der Waals surface area contributed by atoms with Gasteiger partial charge in [0.25, 0.3) is 0 Å². The van der Waals surface area contributed by atoms with Crippen LogP contribution in [0.5, 0.6) is 0 Å². The number of nitrogens with zero attached hydrogens (tertiary/aromatic N) is 4. The summed E-state index contributed by atoms with van der Waals surface area (Å²) < 4.78 is 0. The Balaban J connectivity index is 0.000000451. The summed E-state index contributed by atoms with van der Waals surface area (Å²) in [7, 11) is 0. The average molecular weight is 725 g/mol. The summed E-state index contributed by atoms with van der Waals surface area (Å²) in [5.41, 5.74) is 13.9. The van der Waals surface area contributed by atoms with Gasteiger partial charge in [-0.1, -0.05) is 97.1 Å². The van der Waals surface area contributed by atoms with Crippen molar-refractivity contribution in [2.75, 3.05) is 0 Å².